The molecule has 7 aliphatic rings. The van der Waals surface area contributed by atoms with Crippen LogP contribution in [0.3, 0.4) is 0 Å². The maximum absolute atomic E-state index is 2.70. The summed E-state index contributed by atoms with van der Waals surface area (Å²) in [5, 5.41) is 2.84. The predicted molar refractivity (Wildman–Crippen MR) is 233 cm³/mol. The highest BCUT2D eigenvalue weighted by Gasteiger charge is 2.61. The van der Waals surface area contributed by atoms with Crippen molar-refractivity contribution in [3.8, 4) is 33.4 Å². The third-order valence-electron chi connectivity index (χ3n) is 16.2. The summed E-state index contributed by atoms with van der Waals surface area (Å²) in [7, 11) is 0. The van der Waals surface area contributed by atoms with Crippen molar-refractivity contribution in [2.24, 2.45) is 23.7 Å². The molecular formula is C55H42S. The van der Waals surface area contributed by atoms with Crippen LogP contribution in [0.5, 0.6) is 0 Å². The van der Waals surface area contributed by atoms with Gasteiger partial charge in [0.05, 0.1) is 0 Å². The van der Waals surface area contributed by atoms with Crippen LogP contribution in [-0.4, -0.2) is 0 Å². The molecule has 0 N–H and O–H groups in total. The van der Waals surface area contributed by atoms with Crippen LogP contribution in [0.25, 0.3) is 53.6 Å². The normalized spacial score (nSPS) is 28.1. The quantitative estimate of drug-likeness (QED) is 0.166. The van der Waals surface area contributed by atoms with Crippen LogP contribution in [-0.2, 0) is 10.8 Å². The molecule has 56 heavy (non-hydrogen) atoms. The number of thiophene rings is 1. The molecule has 15 rings (SSSR count). The van der Waals surface area contributed by atoms with Crippen LogP contribution in [0.4, 0.5) is 0 Å². The molecular weight excluding hydrogens is 693 g/mol. The molecule has 1 heterocycles. The zero-order valence-electron chi connectivity index (χ0n) is 31.7. The first-order valence-electron chi connectivity index (χ1n) is 21.1. The molecule has 4 saturated carbocycles. The lowest BCUT2D eigenvalue weighted by atomic mass is 9.43. The average molecular weight is 735 g/mol. The Balaban J connectivity index is 1.05. The molecule has 1 aromatic heterocycles. The van der Waals surface area contributed by atoms with Gasteiger partial charge in [0, 0.05) is 36.9 Å². The van der Waals surface area contributed by atoms with Gasteiger partial charge in [-0.25, -0.2) is 0 Å². The van der Waals surface area contributed by atoms with Crippen molar-refractivity contribution in [1.82, 2.24) is 0 Å². The van der Waals surface area contributed by atoms with Crippen molar-refractivity contribution in [1.29, 1.82) is 0 Å². The molecule has 0 amide bonds. The first kappa shape index (κ1) is 30.9. The highest BCUT2D eigenvalue weighted by Crippen LogP contribution is 2.70. The minimum atomic E-state index is -0.230. The van der Waals surface area contributed by atoms with Gasteiger partial charge < -0.3 is 0 Å². The fourth-order valence-corrected chi connectivity index (χ4v) is 15.7. The molecule has 0 radical (unpaired) electrons. The lowest BCUT2D eigenvalue weighted by Crippen LogP contribution is -2.55. The van der Waals surface area contributed by atoms with Crippen molar-refractivity contribution in [2.75, 3.05) is 0 Å². The third-order valence-corrected chi connectivity index (χ3v) is 17.3. The van der Waals surface area contributed by atoms with Gasteiger partial charge in [0.15, 0.2) is 0 Å². The van der Waals surface area contributed by atoms with E-state index in [-0.39, 0.29) is 16.7 Å². The molecule has 0 saturated heterocycles. The Labute approximate surface area is 332 Å². The van der Waals surface area contributed by atoms with E-state index < -0.39 is 0 Å². The largest absolute Gasteiger partial charge is 0.135 e. The molecule has 7 aromatic carbocycles. The highest BCUT2D eigenvalue weighted by molar-refractivity contribution is 7.25. The summed E-state index contributed by atoms with van der Waals surface area (Å²) >= 11 is 1.95. The van der Waals surface area contributed by atoms with Gasteiger partial charge in [0.25, 0.3) is 0 Å². The van der Waals surface area contributed by atoms with E-state index in [1.165, 1.54) is 119 Å². The second-order valence-electron chi connectivity index (χ2n) is 18.4. The Bertz CT molecular complexity index is 3000. The molecule has 2 atom stereocenters. The summed E-state index contributed by atoms with van der Waals surface area (Å²) in [6.45, 7) is 2.52. The van der Waals surface area contributed by atoms with Gasteiger partial charge in [-0.15, -0.1) is 11.3 Å². The smallest absolute Gasteiger partial charge is 0.0441 e. The minimum Gasteiger partial charge on any atom is -0.135 e. The van der Waals surface area contributed by atoms with E-state index in [1.807, 2.05) is 11.3 Å². The first-order chi connectivity index (χ1) is 27.6. The average Bonchev–Trinajstić information content (AvgIpc) is 3.85. The van der Waals surface area contributed by atoms with Crippen molar-refractivity contribution >= 4 is 31.5 Å². The monoisotopic (exact) mass is 734 g/mol. The van der Waals surface area contributed by atoms with Gasteiger partial charge in [-0.1, -0.05) is 127 Å². The Morgan fingerprint density at radius 1 is 0.482 bits per heavy atom. The van der Waals surface area contributed by atoms with Crippen molar-refractivity contribution in [3.63, 3.8) is 0 Å². The lowest BCUT2D eigenvalue weighted by molar-refractivity contribution is -0.0399. The number of fused-ring (bicyclic) bond motifs is 12. The van der Waals surface area contributed by atoms with Crippen LogP contribution in [0.1, 0.15) is 89.5 Å². The standard InChI is InChI=1S/C55H42S/c1-54-44-18-7-4-13-38(44)41-16-10-17-43(53(41)54)50(52-46(54)23-24-49-51(52)42-15-6-9-20-48(42)56-49)40-14-3-2-11-36(40)33-21-22-39-37-12-5-8-19-45(37)55(47(39)30-33)34-26-31-25-32(28-34)29-35(55)27-31/h2-24,30-32,34-35,50H,25-29H2,1H3. The van der Waals surface area contributed by atoms with E-state index in [2.05, 4.69) is 153 Å². The summed E-state index contributed by atoms with van der Waals surface area (Å²) in [4.78, 5) is 0. The van der Waals surface area contributed by atoms with E-state index in [9.17, 15) is 0 Å². The van der Waals surface area contributed by atoms with Crippen LogP contribution >= 0.6 is 11.3 Å². The SMILES string of the molecule is CC12c3ccccc3-c3cccc(c31)C(c1ccccc1-c1ccc3c(c1)C1(c4ccccc4-3)C3CC4CC(C3)CC1C4)c1c2ccc2sc3ccccc3c12. The van der Waals surface area contributed by atoms with Crippen LogP contribution in [0, 0.1) is 23.7 Å². The minimum absolute atomic E-state index is 0.0980. The van der Waals surface area contributed by atoms with Crippen LogP contribution in [0.2, 0.25) is 0 Å². The van der Waals surface area contributed by atoms with E-state index >= 15 is 0 Å². The Morgan fingerprint density at radius 3 is 1.95 bits per heavy atom. The van der Waals surface area contributed by atoms with Crippen molar-refractivity contribution < 1.29 is 0 Å². The molecule has 7 aliphatic carbocycles. The lowest BCUT2D eigenvalue weighted by Gasteiger charge is -2.61. The number of benzene rings is 7. The molecule has 0 nitrogen and oxygen atoms in total. The molecule has 2 unspecified atom stereocenters. The van der Waals surface area contributed by atoms with Gasteiger partial charge in [0.2, 0.25) is 0 Å². The fraction of sp³-hybridized carbons (Fsp3) is 0.236. The van der Waals surface area contributed by atoms with Crippen LogP contribution < -0.4 is 0 Å². The van der Waals surface area contributed by atoms with Gasteiger partial charge in [-0.05, 0) is 159 Å². The molecule has 0 aliphatic heterocycles. The molecule has 1 heteroatoms. The molecule has 1 spiro atoms. The number of rotatable bonds is 2. The first-order valence-corrected chi connectivity index (χ1v) is 22.0. The summed E-state index contributed by atoms with van der Waals surface area (Å²) in [6.07, 6.45) is 7.11. The summed E-state index contributed by atoms with van der Waals surface area (Å²) in [5.74, 6) is 3.47. The zero-order chi connectivity index (χ0) is 36.5. The second-order valence-corrected chi connectivity index (χ2v) is 19.5. The summed E-state index contributed by atoms with van der Waals surface area (Å²) < 4.78 is 2.76. The Hall–Kier alpha value is -5.24. The van der Waals surface area contributed by atoms with Gasteiger partial charge in [0.1, 0.15) is 0 Å². The second kappa shape index (κ2) is 10.6. The van der Waals surface area contributed by atoms with Crippen LogP contribution in [0.15, 0.2) is 146 Å². The molecule has 268 valence electrons. The third kappa shape index (κ3) is 3.56. The number of hydrogen-bond acceptors (Lipinski definition) is 1. The molecule has 4 bridgehead atoms. The number of hydrogen-bond donors (Lipinski definition) is 0. The van der Waals surface area contributed by atoms with Gasteiger partial charge in [-0.3, -0.25) is 0 Å². The predicted octanol–water partition coefficient (Wildman–Crippen LogP) is 14.3. The van der Waals surface area contributed by atoms with E-state index in [1.54, 1.807) is 11.1 Å². The van der Waals surface area contributed by atoms with E-state index in [0.717, 1.165) is 23.7 Å². The molecule has 8 aromatic rings. The maximum Gasteiger partial charge on any atom is 0.0441 e. The summed E-state index contributed by atoms with van der Waals surface area (Å²) in [5.41, 5.74) is 20.6. The maximum atomic E-state index is 2.70. The van der Waals surface area contributed by atoms with Gasteiger partial charge >= 0.3 is 0 Å². The highest BCUT2D eigenvalue weighted by atomic mass is 32.1. The van der Waals surface area contributed by atoms with Crippen molar-refractivity contribution in [3.05, 3.63) is 190 Å². The molecule has 4 fully saturated rings. The van der Waals surface area contributed by atoms with E-state index in [4.69, 9.17) is 0 Å². The summed E-state index contributed by atoms with van der Waals surface area (Å²) in [6, 6.07) is 57.3. The Kier molecular flexibility index (Phi) is 5.84. The Morgan fingerprint density at radius 2 is 1.12 bits per heavy atom. The topological polar surface area (TPSA) is 0 Å². The van der Waals surface area contributed by atoms with E-state index in [0.29, 0.717) is 0 Å². The zero-order valence-corrected chi connectivity index (χ0v) is 32.5. The van der Waals surface area contributed by atoms with Crippen molar-refractivity contribution in [2.45, 2.75) is 55.8 Å². The fourth-order valence-electron chi connectivity index (χ4n) is 14.6. The van der Waals surface area contributed by atoms with Gasteiger partial charge in [-0.2, -0.15) is 0 Å².